The Bertz CT molecular complexity index is 618. The van der Waals surface area contributed by atoms with Crippen LogP contribution in [0.3, 0.4) is 0 Å². The smallest absolute Gasteiger partial charge is 0.250 e. The molecule has 2 aromatic rings. The van der Waals surface area contributed by atoms with Crippen LogP contribution < -0.4 is 4.90 Å². The molecule has 0 spiro atoms. The first kappa shape index (κ1) is 14.9. The maximum Gasteiger partial charge on any atom is 0.250 e. The zero-order valence-corrected chi connectivity index (χ0v) is 12.5. The number of rotatable bonds is 6. The van der Waals surface area contributed by atoms with Gasteiger partial charge in [0.2, 0.25) is 5.95 Å². The van der Waals surface area contributed by atoms with Crippen molar-refractivity contribution in [2.75, 3.05) is 11.4 Å². The monoisotopic (exact) mass is 281 g/mol. The lowest BCUT2D eigenvalue weighted by atomic mass is 10.2. The summed E-state index contributed by atoms with van der Waals surface area (Å²) in [5.41, 5.74) is 2.88. The van der Waals surface area contributed by atoms with Crippen LogP contribution in [0.15, 0.2) is 30.3 Å². The van der Waals surface area contributed by atoms with E-state index in [0.29, 0.717) is 18.9 Å². The van der Waals surface area contributed by atoms with Crippen molar-refractivity contribution >= 4 is 11.6 Å². The van der Waals surface area contributed by atoms with Gasteiger partial charge in [-0.15, -0.1) is 10.2 Å². The van der Waals surface area contributed by atoms with E-state index in [1.54, 1.807) is 0 Å². The van der Waals surface area contributed by atoms with Crippen LogP contribution in [0.5, 0.6) is 0 Å². The fourth-order valence-corrected chi connectivity index (χ4v) is 2.16. The van der Waals surface area contributed by atoms with E-state index in [1.165, 1.54) is 0 Å². The second-order valence-corrected chi connectivity index (χ2v) is 4.61. The van der Waals surface area contributed by atoms with Gasteiger partial charge in [0.05, 0.1) is 23.9 Å². The third kappa shape index (κ3) is 3.54. The van der Waals surface area contributed by atoms with Crippen LogP contribution in [-0.2, 0) is 12.8 Å². The molecular weight excluding hydrogens is 262 g/mol. The van der Waals surface area contributed by atoms with Crippen molar-refractivity contribution in [1.29, 1.82) is 5.26 Å². The normalized spacial score (nSPS) is 10.1. The Morgan fingerprint density at radius 1 is 1.05 bits per heavy atom. The number of nitriles is 1. The Morgan fingerprint density at radius 2 is 1.76 bits per heavy atom. The molecule has 0 N–H and O–H groups in total. The second kappa shape index (κ2) is 7.34. The van der Waals surface area contributed by atoms with Gasteiger partial charge >= 0.3 is 0 Å². The quantitative estimate of drug-likeness (QED) is 0.814. The molecule has 0 saturated carbocycles. The second-order valence-electron chi connectivity index (χ2n) is 4.61. The first-order valence-electron chi connectivity index (χ1n) is 7.22. The predicted molar refractivity (Wildman–Crippen MR) is 82.3 cm³/mol. The number of aromatic nitrogens is 3. The van der Waals surface area contributed by atoms with Crippen molar-refractivity contribution in [3.63, 3.8) is 0 Å². The van der Waals surface area contributed by atoms with Crippen LogP contribution >= 0.6 is 0 Å². The highest BCUT2D eigenvalue weighted by Crippen LogP contribution is 2.22. The predicted octanol–water partition coefficient (Wildman–Crippen LogP) is 3.05. The number of benzene rings is 1. The first-order chi connectivity index (χ1) is 10.3. The molecule has 0 bridgehead atoms. The highest BCUT2D eigenvalue weighted by molar-refractivity contribution is 5.56. The van der Waals surface area contributed by atoms with Crippen molar-refractivity contribution in [3.8, 4) is 6.07 Å². The molecule has 0 amide bonds. The molecule has 1 aromatic heterocycles. The summed E-state index contributed by atoms with van der Waals surface area (Å²) in [4.78, 5) is 6.57. The van der Waals surface area contributed by atoms with Crippen LogP contribution in [0.1, 0.15) is 31.7 Å². The van der Waals surface area contributed by atoms with E-state index >= 15 is 0 Å². The Labute approximate surface area is 125 Å². The molecule has 0 aliphatic rings. The van der Waals surface area contributed by atoms with Gasteiger partial charge in [-0.05, 0) is 25.0 Å². The van der Waals surface area contributed by atoms with E-state index in [9.17, 15) is 0 Å². The van der Waals surface area contributed by atoms with E-state index in [1.807, 2.05) is 35.2 Å². The van der Waals surface area contributed by atoms with Crippen LogP contribution in [0.4, 0.5) is 11.6 Å². The molecule has 0 radical (unpaired) electrons. The van der Waals surface area contributed by atoms with Crippen LogP contribution in [-0.4, -0.2) is 21.7 Å². The van der Waals surface area contributed by atoms with Crippen molar-refractivity contribution < 1.29 is 0 Å². The summed E-state index contributed by atoms with van der Waals surface area (Å²) in [6.45, 7) is 4.67. The summed E-state index contributed by atoms with van der Waals surface area (Å²) in [5, 5.41) is 17.4. The van der Waals surface area contributed by atoms with Gasteiger partial charge in [0.25, 0.3) is 0 Å². The van der Waals surface area contributed by atoms with Gasteiger partial charge < -0.3 is 4.90 Å². The van der Waals surface area contributed by atoms with Gasteiger partial charge in [0.15, 0.2) is 0 Å². The molecule has 5 heteroatoms. The average molecular weight is 281 g/mol. The van der Waals surface area contributed by atoms with Crippen molar-refractivity contribution in [1.82, 2.24) is 15.2 Å². The van der Waals surface area contributed by atoms with E-state index in [0.717, 1.165) is 29.9 Å². The molecule has 108 valence electrons. The van der Waals surface area contributed by atoms with Gasteiger partial charge in [0.1, 0.15) is 0 Å². The lowest BCUT2D eigenvalue weighted by Gasteiger charge is -2.21. The number of hydrogen-bond donors (Lipinski definition) is 0. The van der Waals surface area contributed by atoms with Gasteiger partial charge in [0, 0.05) is 12.2 Å². The Kier molecular flexibility index (Phi) is 5.22. The van der Waals surface area contributed by atoms with Crippen molar-refractivity contribution in [3.05, 3.63) is 41.7 Å². The number of hydrogen-bond acceptors (Lipinski definition) is 5. The van der Waals surface area contributed by atoms with E-state index in [2.05, 4.69) is 35.1 Å². The molecule has 0 atom stereocenters. The molecule has 5 nitrogen and oxygen atoms in total. The first-order valence-corrected chi connectivity index (χ1v) is 7.22. The number of anilines is 2. The van der Waals surface area contributed by atoms with E-state index in [4.69, 9.17) is 5.26 Å². The molecule has 2 rings (SSSR count). The van der Waals surface area contributed by atoms with Crippen LogP contribution in [0, 0.1) is 11.3 Å². The Hall–Kier alpha value is -2.48. The summed E-state index contributed by atoms with van der Waals surface area (Å²) in [6.07, 6.45) is 2.06. The molecule has 0 aliphatic carbocycles. The third-order valence-corrected chi connectivity index (χ3v) is 3.25. The third-order valence-electron chi connectivity index (χ3n) is 3.25. The summed E-state index contributed by atoms with van der Waals surface area (Å²) < 4.78 is 0. The van der Waals surface area contributed by atoms with Crippen LogP contribution in [0.25, 0.3) is 0 Å². The Balaban J connectivity index is 2.39. The van der Waals surface area contributed by atoms with Crippen LogP contribution in [0.2, 0.25) is 0 Å². The highest BCUT2D eigenvalue weighted by atomic mass is 15.3. The summed E-state index contributed by atoms with van der Waals surface area (Å²) in [6, 6.07) is 12.0. The topological polar surface area (TPSA) is 65.7 Å². The van der Waals surface area contributed by atoms with E-state index < -0.39 is 0 Å². The van der Waals surface area contributed by atoms with Gasteiger partial charge in [-0.1, -0.05) is 32.0 Å². The summed E-state index contributed by atoms with van der Waals surface area (Å²) >= 11 is 0. The number of aryl methyl sites for hydroxylation is 2. The zero-order chi connectivity index (χ0) is 15.1. The van der Waals surface area contributed by atoms with Crippen molar-refractivity contribution in [2.24, 2.45) is 0 Å². The SMILES string of the molecule is CCc1nnc(N(CCC#N)c2ccccc2)nc1CC. The molecule has 0 fully saturated rings. The minimum absolute atomic E-state index is 0.412. The molecule has 1 aromatic carbocycles. The maximum atomic E-state index is 8.86. The highest BCUT2D eigenvalue weighted by Gasteiger charge is 2.14. The molecule has 0 aliphatic heterocycles. The minimum Gasteiger partial charge on any atom is -0.308 e. The Morgan fingerprint density at radius 3 is 2.38 bits per heavy atom. The number of para-hydroxylation sites is 1. The van der Waals surface area contributed by atoms with Crippen molar-refractivity contribution in [2.45, 2.75) is 33.1 Å². The minimum atomic E-state index is 0.412. The molecular formula is C16H19N5. The molecule has 0 saturated heterocycles. The molecule has 0 unspecified atom stereocenters. The summed E-state index contributed by atoms with van der Waals surface area (Å²) in [5.74, 6) is 0.561. The fraction of sp³-hybridized carbons (Fsp3) is 0.375. The average Bonchev–Trinajstić information content (AvgIpc) is 2.56. The van der Waals surface area contributed by atoms with Gasteiger partial charge in [-0.3, -0.25) is 0 Å². The standard InChI is InChI=1S/C16H19N5/c1-3-14-15(4-2)19-20-16(18-14)21(12-8-11-17)13-9-6-5-7-10-13/h5-7,9-10H,3-4,8,12H2,1-2H3. The lowest BCUT2D eigenvalue weighted by molar-refractivity contribution is 0.788. The van der Waals surface area contributed by atoms with E-state index in [-0.39, 0.29) is 0 Å². The molecule has 1 heterocycles. The van der Waals surface area contributed by atoms with Gasteiger partial charge in [-0.25, -0.2) is 4.98 Å². The maximum absolute atomic E-state index is 8.86. The summed E-state index contributed by atoms with van der Waals surface area (Å²) in [7, 11) is 0. The zero-order valence-electron chi connectivity index (χ0n) is 12.5. The fourth-order valence-electron chi connectivity index (χ4n) is 2.16. The number of nitrogens with zero attached hydrogens (tertiary/aromatic N) is 5. The largest absolute Gasteiger partial charge is 0.308 e. The van der Waals surface area contributed by atoms with Gasteiger partial charge in [-0.2, -0.15) is 5.26 Å². The molecule has 21 heavy (non-hydrogen) atoms. The lowest BCUT2D eigenvalue weighted by Crippen LogP contribution is -2.22.